The first kappa shape index (κ1) is 20.9. The Morgan fingerprint density at radius 3 is 2.76 bits per heavy atom. The van der Waals surface area contributed by atoms with Gasteiger partial charge in [0.05, 0.1) is 11.9 Å². The number of pyridine rings is 1. The number of fused-ring (bicyclic) bond motifs is 2. The summed E-state index contributed by atoms with van der Waals surface area (Å²) in [6.45, 7) is 0.170. The second-order valence-corrected chi connectivity index (χ2v) is 8.50. The molecule has 33 heavy (non-hydrogen) atoms. The third-order valence-corrected chi connectivity index (χ3v) is 6.13. The molecule has 1 aliphatic carbocycles. The average molecular weight is 447 g/mol. The lowest BCUT2D eigenvalue weighted by Gasteiger charge is -2.26. The maximum Gasteiger partial charge on any atom is 0.256 e. The van der Waals surface area contributed by atoms with Gasteiger partial charge in [0.25, 0.3) is 5.91 Å². The lowest BCUT2D eigenvalue weighted by atomic mass is 9.93. The molecule has 1 fully saturated rings. The fraction of sp³-hybridized carbons (Fsp3) is 0.348. The second kappa shape index (κ2) is 8.19. The van der Waals surface area contributed by atoms with Crippen LogP contribution in [0.3, 0.4) is 0 Å². The Morgan fingerprint density at radius 1 is 1.24 bits per heavy atom. The smallest absolute Gasteiger partial charge is 0.256 e. The Balaban J connectivity index is 1.63. The van der Waals surface area contributed by atoms with Crippen LogP contribution in [0.25, 0.3) is 27.9 Å². The van der Waals surface area contributed by atoms with Gasteiger partial charge >= 0.3 is 0 Å². The standard InChI is InChI=1S/C23H26N8O2/c1-24-19-10-18(28-22-16(11-26-31(19)22)23(33)27-14-6-4-7-14)17-12-30(13-20(32)29(2)3)21-15(17)8-5-9-25-21/h5,8-12,14,24H,4,6-7,13H2,1-3H3,(H,27,33). The van der Waals surface area contributed by atoms with E-state index >= 15 is 0 Å². The number of likely N-dealkylation sites (N-methyl/N-ethyl adjacent to an activating group) is 1. The summed E-state index contributed by atoms with van der Waals surface area (Å²) in [4.78, 5) is 36.1. The highest BCUT2D eigenvalue weighted by Gasteiger charge is 2.24. The SMILES string of the molecule is CNc1cc(-c2cn(CC(=O)N(C)C)c3ncccc23)nc2c(C(=O)NC3CCC3)cnn12. The fourth-order valence-corrected chi connectivity index (χ4v) is 3.99. The van der Waals surface area contributed by atoms with Crippen molar-refractivity contribution >= 4 is 34.3 Å². The zero-order chi connectivity index (χ0) is 23.1. The first-order chi connectivity index (χ1) is 16.0. The highest BCUT2D eigenvalue weighted by Crippen LogP contribution is 2.31. The number of carbonyl (C=O) groups excluding carboxylic acids is 2. The number of amides is 2. The summed E-state index contributed by atoms with van der Waals surface area (Å²) in [7, 11) is 5.26. The quantitative estimate of drug-likeness (QED) is 0.470. The molecule has 2 amide bonds. The van der Waals surface area contributed by atoms with E-state index in [0.29, 0.717) is 28.4 Å². The molecule has 0 radical (unpaired) electrons. The third kappa shape index (κ3) is 3.67. The number of hydrogen-bond donors (Lipinski definition) is 2. The summed E-state index contributed by atoms with van der Waals surface area (Å²) in [5.41, 5.74) is 3.11. The lowest BCUT2D eigenvalue weighted by molar-refractivity contribution is -0.129. The van der Waals surface area contributed by atoms with Gasteiger partial charge in [0, 0.05) is 56.6 Å². The van der Waals surface area contributed by atoms with Crippen LogP contribution in [0.2, 0.25) is 0 Å². The molecule has 1 saturated carbocycles. The highest BCUT2D eigenvalue weighted by molar-refractivity contribution is 6.01. The van der Waals surface area contributed by atoms with Crippen LogP contribution in [-0.2, 0) is 11.3 Å². The monoisotopic (exact) mass is 446 g/mol. The molecule has 0 unspecified atom stereocenters. The van der Waals surface area contributed by atoms with Crippen LogP contribution >= 0.6 is 0 Å². The van der Waals surface area contributed by atoms with Crippen LogP contribution in [0, 0.1) is 0 Å². The summed E-state index contributed by atoms with van der Waals surface area (Å²) >= 11 is 0. The van der Waals surface area contributed by atoms with E-state index in [4.69, 9.17) is 4.98 Å². The van der Waals surface area contributed by atoms with Gasteiger partial charge < -0.3 is 20.1 Å². The van der Waals surface area contributed by atoms with Gasteiger partial charge in [-0.15, -0.1) is 0 Å². The summed E-state index contributed by atoms with van der Waals surface area (Å²) in [6, 6.07) is 5.92. The van der Waals surface area contributed by atoms with Crippen molar-refractivity contribution < 1.29 is 9.59 Å². The van der Waals surface area contributed by atoms with Crippen molar-refractivity contribution in [3.8, 4) is 11.3 Å². The Labute approximate surface area is 190 Å². The highest BCUT2D eigenvalue weighted by atomic mass is 16.2. The van der Waals surface area contributed by atoms with E-state index in [-0.39, 0.29) is 24.4 Å². The van der Waals surface area contributed by atoms with Crippen molar-refractivity contribution in [1.82, 2.24) is 34.4 Å². The first-order valence-electron chi connectivity index (χ1n) is 11.0. The number of aromatic nitrogens is 5. The molecule has 0 aliphatic heterocycles. The van der Waals surface area contributed by atoms with Crippen molar-refractivity contribution in [3.05, 3.63) is 42.4 Å². The number of hydrogen-bond acceptors (Lipinski definition) is 6. The minimum absolute atomic E-state index is 0.0332. The van der Waals surface area contributed by atoms with Gasteiger partial charge in [-0.1, -0.05) is 0 Å². The molecule has 4 aromatic heterocycles. The van der Waals surface area contributed by atoms with Gasteiger partial charge in [0.1, 0.15) is 23.6 Å². The Morgan fingerprint density at radius 2 is 2.06 bits per heavy atom. The fourth-order valence-electron chi connectivity index (χ4n) is 3.99. The minimum atomic E-state index is -0.165. The topological polar surface area (TPSA) is 109 Å². The van der Waals surface area contributed by atoms with Crippen LogP contribution in [0.15, 0.2) is 36.8 Å². The summed E-state index contributed by atoms with van der Waals surface area (Å²) < 4.78 is 3.46. The number of rotatable bonds is 6. The summed E-state index contributed by atoms with van der Waals surface area (Å²) in [5.74, 6) is 0.503. The third-order valence-electron chi connectivity index (χ3n) is 6.13. The molecule has 4 aromatic rings. The predicted octanol–water partition coefficient (Wildman–Crippen LogP) is 2.16. The Kier molecular flexibility index (Phi) is 5.20. The van der Waals surface area contributed by atoms with E-state index in [2.05, 4.69) is 20.7 Å². The van der Waals surface area contributed by atoms with Crippen LogP contribution in [0.4, 0.5) is 5.82 Å². The predicted molar refractivity (Wildman–Crippen MR) is 125 cm³/mol. The Bertz CT molecular complexity index is 1370. The van der Waals surface area contributed by atoms with Crippen LogP contribution in [-0.4, -0.2) is 68.0 Å². The van der Waals surface area contributed by atoms with Crippen molar-refractivity contribution in [2.24, 2.45) is 0 Å². The molecule has 0 atom stereocenters. The van der Waals surface area contributed by atoms with Crippen molar-refractivity contribution in [3.63, 3.8) is 0 Å². The summed E-state index contributed by atoms with van der Waals surface area (Å²) in [5, 5.41) is 11.5. The molecular formula is C23H26N8O2. The molecule has 2 N–H and O–H groups in total. The van der Waals surface area contributed by atoms with E-state index in [1.807, 2.05) is 29.0 Å². The van der Waals surface area contributed by atoms with Crippen molar-refractivity contribution in [2.45, 2.75) is 31.8 Å². The Hall–Kier alpha value is -3.95. The number of carbonyl (C=O) groups is 2. The molecule has 0 bridgehead atoms. The van der Waals surface area contributed by atoms with E-state index in [9.17, 15) is 9.59 Å². The van der Waals surface area contributed by atoms with Crippen molar-refractivity contribution in [2.75, 3.05) is 26.5 Å². The number of nitrogens with one attached hydrogen (secondary N) is 2. The van der Waals surface area contributed by atoms with Gasteiger partial charge in [-0.3, -0.25) is 9.59 Å². The van der Waals surface area contributed by atoms with Gasteiger partial charge in [-0.25, -0.2) is 9.97 Å². The largest absolute Gasteiger partial charge is 0.373 e. The zero-order valence-electron chi connectivity index (χ0n) is 18.9. The molecule has 170 valence electrons. The average Bonchev–Trinajstić information content (AvgIpc) is 3.37. The number of nitrogens with zero attached hydrogens (tertiary/aromatic N) is 6. The van der Waals surface area contributed by atoms with E-state index in [1.165, 1.54) is 0 Å². The summed E-state index contributed by atoms with van der Waals surface area (Å²) in [6.07, 6.45) is 8.30. The molecule has 10 heteroatoms. The van der Waals surface area contributed by atoms with E-state index < -0.39 is 0 Å². The van der Waals surface area contributed by atoms with E-state index in [1.54, 1.807) is 43.0 Å². The van der Waals surface area contributed by atoms with E-state index in [0.717, 1.165) is 30.2 Å². The molecule has 5 rings (SSSR count). The maximum absolute atomic E-state index is 12.9. The second-order valence-electron chi connectivity index (χ2n) is 8.50. The first-order valence-corrected chi connectivity index (χ1v) is 11.0. The van der Waals surface area contributed by atoms with Crippen LogP contribution in [0.5, 0.6) is 0 Å². The van der Waals surface area contributed by atoms with Gasteiger partial charge in [-0.05, 0) is 31.4 Å². The van der Waals surface area contributed by atoms with Crippen molar-refractivity contribution in [1.29, 1.82) is 0 Å². The molecular weight excluding hydrogens is 420 g/mol. The zero-order valence-corrected chi connectivity index (χ0v) is 18.9. The van der Waals surface area contributed by atoms with Gasteiger partial charge in [0.15, 0.2) is 5.65 Å². The molecule has 1 aliphatic rings. The molecule has 4 heterocycles. The number of anilines is 1. The minimum Gasteiger partial charge on any atom is -0.373 e. The van der Waals surface area contributed by atoms with Crippen LogP contribution in [0.1, 0.15) is 29.6 Å². The van der Waals surface area contributed by atoms with Gasteiger partial charge in [-0.2, -0.15) is 9.61 Å². The molecule has 0 spiro atoms. The maximum atomic E-state index is 12.9. The molecule has 0 saturated heterocycles. The lowest BCUT2D eigenvalue weighted by Crippen LogP contribution is -2.39. The molecule has 10 nitrogen and oxygen atoms in total. The molecule has 0 aromatic carbocycles. The normalized spacial score (nSPS) is 13.8. The van der Waals surface area contributed by atoms with Crippen LogP contribution < -0.4 is 10.6 Å². The van der Waals surface area contributed by atoms with Gasteiger partial charge in [0.2, 0.25) is 5.91 Å².